The second kappa shape index (κ2) is 6.21. The minimum atomic E-state index is -0.791. The van der Waals surface area contributed by atoms with Crippen molar-refractivity contribution in [1.82, 2.24) is 14.7 Å². The van der Waals surface area contributed by atoms with E-state index >= 15 is 0 Å². The number of nitrogens with zero attached hydrogens (tertiary/aromatic N) is 2. The number of anilines is 1. The van der Waals surface area contributed by atoms with Crippen LogP contribution in [-0.2, 0) is 6.54 Å². The van der Waals surface area contributed by atoms with E-state index in [1.165, 1.54) is 18.4 Å². The molecule has 0 atom stereocenters. The summed E-state index contributed by atoms with van der Waals surface area (Å²) in [7, 11) is 1.23. The van der Waals surface area contributed by atoms with E-state index in [1.807, 2.05) is 16.0 Å². The van der Waals surface area contributed by atoms with Crippen LogP contribution in [0.15, 0.2) is 29.9 Å². The summed E-state index contributed by atoms with van der Waals surface area (Å²) in [5.41, 5.74) is 0.389. The molecule has 1 aromatic carbocycles. The van der Waals surface area contributed by atoms with Crippen molar-refractivity contribution in [3.05, 3.63) is 47.2 Å². The van der Waals surface area contributed by atoms with Crippen molar-refractivity contribution >= 4 is 28.0 Å². The molecule has 2 heterocycles. The molecule has 9 heteroatoms. The third kappa shape index (κ3) is 3.24. The molecule has 0 fully saturated rings. The molecule has 6 nitrogen and oxygen atoms in total. The number of carbonyl (C=O) groups excluding carboxylic acids is 1. The Labute approximate surface area is 133 Å². The number of imidazole rings is 1. The minimum absolute atomic E-state index is 0.167. The van der Waals surface area contributed by atoms with E-state index in [0.717, 1.165) is 17.1 Å². The number of hydrogen-bond donors (Lipinski definition) is 2. The first-order chi connectivity index (χ1) is 11.1. The number of carbonyl (C=O) groups is 1. The summed E-state index contributed by atoms with van der Waals surface area (Å²) in [5.74, 6) is -1.79. The van der Waals surface area contributed by atoms with Crippen LogP contribution in [0.1, 0.15) is 5.69 Å². The van der Waals surface area contributed by atoms with E-state index in [-0.39, 0.29) is 18.0 Å². The summed E-state index contributed by atoms with van der Waals surface area (Å²) < 4.78 is 33.8. The highest BCUT2D eigenvalue weighted by molar-refractivity contribution is 7.15. The van der Waals surface area contributed by atoms with Crippen LogP contribution in [-0.4, -0.2) is 22.5 Å². The van der Waals surface area contributed by atoms with Gasteiger partial charge >= 0.3 is 6.03 Å². The predicted molar refractivity (Wildman–Crippen MR) is 81.8 cm³/mol. The van der Waals surface area contributed by atoms with Gasteiger partial charge < -0.3 is 15.4 Å². The monoisotopic (exact) mass is 338 g/mol. The van der Waals surface area contributed by atoms with Crippen LogP contribution >= 0.6 is 11.3 Å². The normalized spacial score (nSPS) is 10.7. The zero-order valence-electron chi connectivity index (χ0n) is 12.0. The molecule has 0 radical (unpaired) electrons. The number of methoxy groups -OCH3 is 1. The van der Waals surface area contributed by atoms with Gasteiger partial charge in [-0.2, -0.15) is 0 Å². The average molecular weight is 338 g/mol. The van der Waals surface area contributed by atoms with Crippen molar-refractivity contribution in [3.63, 3.8) is 0 Å². The highest BCUT2D eigenvalue weighted by Crippen LogP contribution is 2.24. The van der Waals surface area contributed by atoms with Crippen molar-refractivity contribution in [2.45, 2.75) is 6.54 Å². The Bertz CT molecular complexity index is 833. The lowest BCUT2D eigenvalue weighted by Gasteiger charge is -2.09. The van der Waals surface area contributed by atoms with Gasteiger partial charge in [-0.25, -0.2) is 18.6 Å². The molecule has 3 rings (SSSR count). The van der Waals surface area contributed by atoms with Crippen molar-refractivity contribution in [1.29, 1.82) is 0 Å². The molecule has 120 valence electrons. The lowest BCUT2D eigenvalue weighted by molar-refractivity contribution is 0.251. The molecule has 0 aliphatic heterocycles. The standard InChI is InChI=1S/C14H12F2N4O2S/c1-22-12-5-9(15)11(4-10(12)16)19-13(21)17-6-8-7-20-2-3-23-14(20)18-8/h2-5,7H,6H2,1H3,(H2,17,19,21). The Balaban J connectivity index is 1.63. The number of amides is 2. The van der Waals surface area contributed by atoms with Gasteiger partial charge in [-0.05, 0) is 0 Å². The fraction of sp³-hybridized carbons (Fsp3) is 0.143. The van der Waals surface area contributed by atoms with Gasteiger partial charge in [0.2, 0.25) is 0 Å². The maximum atomic E-state index is 13.7. The smallest absolute Gasteiger partial charge is 0.319 e. The SMILES string of the molecule is COc1cc(F)c(NC(=O)NCc2cn3ccsc3n2)cc1F. The molecule has 0 unspecified atom stereocenters. The fourth-order valence-corrected chi connectivity index (χ4v) is 2.70. The number of nitrogens with one attached hydrogen (secondary N) is 2. The number of thiazole rings is 1. The first kappa shape index (κ1) is 15.2. The number of urea groups is 1. The molecule has 23 heavy (non-hydrogen) atoms. The van der Waals surface area contributed by atoms with Crippen LogP contribution in [0.4, 0.5) is 19.3 Å². The number of rotatable bonds is 4. The van der Waals surface area contributed by atoms with E-state index in [1.54, 1.807) is 6.20 Å². The lowest BCUT2D eigenvalue weighted by Crippen LogP contribution is -2.28. The summed E-state index contributed by atoms with van der Waals surface area (Å²) in [4.78, 5) is 16.9. The summed E-state index contributed by atoms with van der Waals surface area (Å²) in [5, 5.41) is 6.68. The van der Waals surface area contributed by atoms with E-state index in [2.05, 4.69) is 20.4 Å². The van der Waals surface area contributed by atoms with Gasteiger partial charge in [0.15, 0.2) is 22.3 Å². The van der Waals surface area contributed by atoms with Crippen LogP contribution in [0, 0.1) is 11.6 Å². The molecule has 2 amide bonds. The van der Waals surface area contributed by atoms with Crippen LogP contribution in [0.2, 0.25) is 0 Å². The van der Waals surface area contributed by atoms with Crippen LogP contribution < -0.4 is 15.4 Å². The molecule has 0 saturated carbocycles. The second-order valence-electron chi connectivity index (χ2n) is 4.60. The fourth-order valence-electron chi connectivity index (χ4n) is 1.98. The Morgan fingerprint density at radius 1 is 1.39 bits per heavy atom. The first-order valence-corrected chi connectivity index (χ1v) is 7.43. The Kier molecular flexibility index (Phi) is 4.11. The molecule has 0 spiro atoms. The van der Waals surface area contributed by atoms with Gasteiger partial charge in [0, 0.05) is 29.9 Å². The predicted octanol–water partition coefficient (Wildman–Crippen LogP) is 3.00. The first-order valence-electron chi connectivity index (χ1n) is 6.56. The van der Waals surface area contributed by atoms with Gasteiger partial charge in [0.25, 0.3) is 0 Å². The molecule has 0 bridgehead atoms. The Morgan fingerprint density at radius 3 is 2.96 bits per heavy atom. The van der Waals surface area contributed by atoms with Gasteiger partial charge in [0.1, 0.15) is 0 Å². The molecule has 3 aromatic rings. The molecule has 2 aromatic heterocycles. The molecule has 0 saturated heterocycles. The largest absolute Gasteiger partial charge is 0.494 e. The molecular weight excluding hydrogens is 326 g/mol. The van der Waals surface area contributed by atoms with E-state index in [0.29, 0.717) is 5.69 Å². The van der Waals surface area contributed by atoms with Crippen LogP contribution in [0.3, 0.4) is 0 Å². The lowest BCUT2D eigenvalue weighted by atomic mass is 10.2. The van der Waals surface area contributed by atoms with Crippen LogP contribution in [0.25, 0.3) is 4.96 Å². The molecule has 0 aliphatic carbocycles. The second-order valence-corrected chi connectivity index (χ2v) is 5.47. The minimum Gasteiger partial charge on any atom is -0.494 e. The van der Waals surface area contributed by atoms with Crippen molar-refractivity contribution < 1.29 is 18.3 Å². The maximum absolute atomic E-state index is 13.7. The number of hydrogen-bond acceptors (Lipinski definition) is 4. The number of aromatic nitrogens is 2. The van der Waals surface area contributed by atoms with Gasteiger partial charge in [-0.1, -0.05) is 0 Å². The maximum Gasteiger partial charge on any atom is 0.319 e. The van der Waals surface area contributed by atoms with Gasteiger partial charge in [-0.15, -0.1) is 11.3 Å². The highest BCUT2D eigenvalue weighted by Gasteiger charge is 2.13. The highest BCUT2D eigenvalue weighted by atomic mass is 32.1. The summed E-state index contributed by atoms with van der Waals surface area (Å²) >= 11 is 1.47. The molecular formula is C14H12F2N4O2S. The zero-order chi connectivity index (χ0) is 16.4. The van der Waals surface area contributed by atoms with E-state index in [4.69, 9.17) is 0 Å². The van der Waals surface area contributed by atoms with Crippen LogP contribution in [0.5, 0.6) is 5.75 Å². The average Bonchev–Trinajstić information content (AvgIpc) is 3.09. The number of benzene rings is 1. The van der Waals surface area contributed by atoms with E-state index < -0.39 is 17.7 Å². The number of fused-ring (bicyclic) bond motifs is 1. The topological polar surface area (TPSA) is 67.7 Å². The summed E-state index contributed by atoms with van der Waals surface area (Å²) in [6.07, 6.45) is 3.63. The van der Waals surface area contributed by atoms with Gasteiger partial charge in [-0.3, -0.25) is 4.40 Å². The molecule has 2 N–H and O–H groups in total. The summed E-state index contributed by atoms with van der Waals surface area (Å²) in [6.45, 7) is 0.167. The van der Waals surface area contributed by atoms with Crippen molar-refractivity contribution in [2.75, 3.05) is 12.4 Å². The molecule has 0 aliphatic rings. The van der Waals surface area contributed by atoms with E-state index in [9.17, 15) is 13.6 Å². The Morgan fingerprint density at radius 2 is 2.22 bits per heavy atom. The summed E-state index contributed by atoms with van der Waals surface area (Å²) in [6, 6.07) is 1.07. The quantitative estimate of drug-likeness (QED) is 0.768. The van der Waals surface area contributed by atoms with Gasteiger partial charge in [0.05, 0.1) is 25.0 Å². The third-order valence-corrected chi connectivity index (χ3v) is 3.83. The number of halogens is 2. The van der Waals surface area contributed by atoms with Crippen molar-refractivity contribution in [3.8, 4) is 5.75 Å². The number of ether oxygens (including phenoxy) is 1. The zero-order valence-corrected chi connectivity index (χ0v) is 12.8. The van der Waals surface area contributed by atoms with Crippen molar-refractivity contribution in [2.24, 2.45) is 0 Å². The third-order valence-electron chi connectivity index (χ3n) is 3.06. The Hall–Kier alpha value is -2.68.